The summed E-state index contributed by atoms with van der Waals surface area (Å²) in [5.74, 6) is -0.825. The smallest absolute Gasteiger partial charge is 0.326 e. The Balaban J connectivity index is 4.01. The van der Waals surface area contributed by atoms with Crippen molar-refractivity contribution >= 4 is 33.5 Å². The molecule has 0 saturated heterocycles. The molecule has 0 rings (SSSR count). The van der Waals surface area contributed by atoms with Crippen LogP contribution in [0.5, 0.6) is 0 Å². The van der Waals surface area contributed by atoms with Gasteiger partial charge in [-0.05, 0) is 13.2 Å². The van der Waals surface area contributed by atoms with E-state index in [0.717, 1.165) is 0 Å². The number of rotatable bonds is 5. The number of hydrogen-bond donors (Lipinski definition) is 1. The van der Waals surface area contributed by atoms with E-state index >= 15 is 0 Å². The van der Waals surface area contributed by atoms with Crippen LogP contribution in [0.25, 0.3) is 0 Å². The monoisotopic (exact) mass is 223 g/mol. The molecule has 1 N–H and O–H groups in total. The molecule has 1 amide bonds. The lowest BCUT2D eigenvalue weighted by molar-refractivity contribution is -0.147. The third-order valence-corrected chi connectivity index (χ3v) is 3.29. The first-order chi connectivity index (χ1) is 6.00. The lowest BCUT2D eigenvalue weighted by atomic mass is 10.3. The van der Waals surface area contributed by atoms with Gasteiger partial charge in [0.05, 0.1) is 5.75 Å². The molecule has 0 aromatic heterocycles. The molecule has 0 aromatic rings. The van der Waals surface area contributed by atoms with Gasteiger partial charge in [-0.1, -0.05) is 21.6 Å². The number of carbonyl (C=O) groups excluding carboxylic acids is 1. The zero-order valence-electron chi connectivity index (χ0n) is 7.81. The van der Waals surface area contributed by atoms with Crippen LogP contribution >= 0.6 is 21.6 Å². The highest BCUT2D eigenvalue weighted by Crippen LogP contribution is 2.17. The molecule has 13 heavy (non-hydrogen) atoms. The molecule has 0 fully saturated rings. The van der Waals surface area contributed by atoms with E-state index < -0.39 is 12.0 Å². The first-order valence-corrected chi connectivity index (χ1v) is 6.37. The number of carboxylic acid groups (broad SMARTS) is 1. The Kier molecular flexibility index (Phi) is 5.98. The fourth-order valence-electron chi connectivity index (χ4n) is 0.593. The number of likely N-dealkylation sites (N-methyl/N-ethyl adjacent to an activating group) is 1. The molecule has 1 atom stereocenters. The van der Waals surface area contributed by atoms with Crippen LogP contribution in [0.4, 0.5) is 0 Å². The van der Waals surface area contributed by atoms with Gasteiger partial charge >= 0.3 is 5.97 Å². The average molecular weight is 223 g/mol. The molecule has 0 aromatic carbocycles. The van der Waals surface area contributed by atoms with Crippen molar-refractivity contribution in [3.05, 3.63) is 0 Å². The van der Waals surface area contributed by atoms with Crippen LogP contribution in [-0.4, -0.2) is 47.0 Å². The maximum atomic E-state index is 11.3. The molecule has 76 valence electrons. The summed E-state index contributed by atoms with van der Waals surface area (Å²) in [7, 11) is 4.40. The standard InChI is InChI=1S/C7H13NO3S2/c1-5(7(10)11)8(2)6(9)4-13-12-3/h5H,4H2,1-3H3,(H,10,11)/t5-/m0/s1. The van der Waals surface area contributed by atoms with Gasteiger partial charge in [-0.25, -0.2) is 4.79 Å². The highest BCUT2D eigenvalue weighted by molar-refractivity contribution is 8.76. The minimum atomic E-state index is -0.981. The number of amides is 1. The molecule has 0 bridgehead atoms. The summed E-state index contributed by atoms with van der Waals surface area (Å²) >= 11 is 0. The minimum absolute atomic E-state index is 0.158. The molecular formula is C7H13NO3S2. The molecule has 0 aliphatic rings. The third kappa shape index (κ3) is 4.42. The van der Waals surface area contributed by atoms with Crippen molar-refractivity contribution in [1.29, 1.82) is 0 Å². The van der Waals surface area contributed by atoms with Gasteiger partial charge in [-0.3, -0.25) is 4.79 Å². The number of aliphatic carboxylic acids is 1. The highest BCUT2D eigenvalue weighted by atomic mass is 33.1. The van der Waals surface area contributed by atoms with E-state index in [1.54, 1.807) is 0 Å². The largest absolute Gasteiger partial charge is 0.480 e. The first-order valence-electron chi connectivity index (χ1n) is 3.64. The normalized spacial score (nSPS) is 12.2. The molecule has 6 heteroatoms. The van der Waals surface area contributed by atoms with Crippen molar-refractivity contribution in [3.8, 4) is 0 Å². The van der Waals surface area contributed by atoms with Gasteiger partial charge in [0.15, 0.2) is 0 Å². The van der Waals surface area contributed by atoms with Gasteiger partial charge in [-0.15, -0.1) is 0 Å². The summed E-state index contributed by atoms with van der Waals surface area (Å²) in [4.78, 5) is 23.0. The van der Waals surface area contributed by atoms with E-state index in [-0.39, 0.29) is 5.91 Å². The van der Waals surface area contributed by atoms with E-state index in [2.05, 4.69) is 0 Å². The zero-order valence-corrected chi connectivity index (χ0v) is 9.44. The molecule has 0 heterocycles. The first kappa shape index (κ1) is 12.6. The summed E-state index contributed by atoms with van der Waals surface area (Å²) in [6.07, 6.45) is 1.87. The number of carboxylic acids is 1. The van der Waals surface area contributed by atoms with Crippen LogP contribution in [0.3, 0.4) is 0 Å². The zero-order chi connectivity index (χ0) is 10.4. The molecular weight excluding hydrogens is 210 g/mol. The van der Waals surface area contributed by atoms with Crippen molar-refractivity contribution < 1.29 is 14.7 Å². The second-order valence-corrected chi connectivity index (χ2v) is 5.01. The van der Waals surface area contributed by atoms with Crippen LogP contribution in [0.1, 0.15) is 6.92 Å². The number of hydrogen-bond acceptors (Lipinski definition) is 4. The molecule has 4 nitrogen and oxygen atoms in total. The number of nitrogens with zero attached hydrogens (tertiary/aromatic N) is 1. The van der Waals surface area contributed by atoms with Crippen molar-refractivity contribution in [3.63, 3.8) is 0 Å². The SMILES string of the molecule is CSSCC(=O)N(C)[C@@H](C)C(=O)O. The summed E-state index contributed by atoms with van der Waals surface area (Å²) in [5.41, 5.74) is 0. The second-order valence-electron chi connectivity index (χ2n) is 2.45. The van der Waals surface area contributed by atoms with E-state index in [1.807, 2.05) is 6.26 Å². The highest BCUT2D eigenvalue weighted by Gasteiger charge is 2.20. The van der Waals surface area contributed by atoms with Crippen molar-refractivity contribution in [1.82, 2.24) is 4.90 Å². The third-order valence-electron chi connectivity index (χ3n) is 1.63. The van der Waals surface area contributed by atoms with Crippen LogP contribution in [0, 0.1) is 0 Å². The maximum absolute atomic E-state index is 11.3. The topological polar surface area (TPSA) is 57.6 Å². The Morgan fingerprint density at radius 1 is 1.54 bits per heavy atom. The fraction of sp³-hybridized carbons (Fsp3) is 0.714. The summed E-state index contributed by atoms with van der Waals surface area (Å²) in [6.45, 7) is 1.49. The van der Waals surface area contributed by atoms with E-state index in [1.165, 1.54) is 40.5 Å². The van der Waals surface area contributed by atoms with Gasteiger partial charge in [-0.2, -0.15) is 0 Å². The molecule has 0 saturated carbocycles. The molecule has 0 radical (unpaired) electrons. The Hall–Kier alpha value is -0.360. The van der Waals surface area contributed by atoms with Crippen LogP contribution in [0.2, 0.25) is 0 Å². The molecule has 0 aliphatic heterocycles. The lowest BCUT2D eigenvalue weighted by Gasteiger charge is -2.20. The van der Waals surface area contributed by atoms with Gasteiger partial charge in [0, 0.05) is 7.05 Å². The maximum Gasteiger partial charge on any atom is 0.326 e. The quantitative estimate of drug-likeness (QED) is 0.703. The van der Waals surface area contributed by atoms with Crippen molar-refractivity contribution in [2.75, 3.05) is 19.1 Å². The molecule has 0 aliphatic carbocycles. The van der Waals surface area contributed by atoms with Crippen LogP contribution in [-0.2, 0) is 9.59 Å². The molecule has 0 unspecified atom stereocenters. The van der Waals surface area contributed by atoms with Crippen molar-refractivity contribution in [2.24, 2.45) is 0 Å². The predicted octanol–water partition coefficient (Wildman–Crippen LogP) is 0.929. The summed E-state index contributed by atoms with van der Waals surface area (Å²) < 4.78 is 0. The van der Waals surface area contributed by atoms with Gasteiger partial charge < -0.3 is 10.0 Å². The Morgan fingerprint density at radius 3 is 2.46 bits per heavy atom. The summed E-state index contributed by atoms with van der Waals surface area (Å²) in [5, 5.41) is 8.62. The Bertz CT molecular complexity index is 198. The van der Waals surface area contributed by atoms with Gasteiger partial charge in [0.2, 0.25) is 5.91 Å². The Morgan fingerprint density at radius 2 is 2.08 bits per heavy atom. The fourth-order valence-corrected chi connectivity index (χ4v) is 1.67. The number of carbonyl (C=O) groups is 2. The van der Waals surface area contributed by atoms with E-state index in [0.29, 0.717) is 5.75 Å². The predicted molar refractivity (Wildman–Crippen MR) is 55.8 cm³/mol. The lowest BCUT2D eigenvalue weighted by Crippen LogP contribution is -2.41. The Labute approximate surface area is 85.5 Å². The average Bonchev–Trinajstić information content (AvgIpc) is 2.11. The minimum Gasteiger partial charge on any atom is -0.480 e. The molecule has 0 spiro atoms. The van der Waals surface area contributed by atoms with Crippen LogP contribution in [0.15, 0.2) is 0 Å². The van der Waals surface area contributed by atoms with Crippen LogP contribution < -0.4 is 0 Å². The van der Waals surface area contributed by atoms with Gasteiger partial charge in [0.25, 0.3) is 0 Å². The van der Waals surface area contributed by atoms with E-state index in [9.17, 15) is 9.59 Å². The summed E-state index contributed by atoms with van der Waals surface area (Å²) in [6, 6.07) is -0.755. The van der Waals surface area contributed by atoms with E-state index in [4.69, 9.17) is 5.11 Å². The van der Waals surface area contributed by atoms with Gasteiger partial charge in [0.1, 0.15) is 6.04 Å². The second kappa shape index (κ2) is 6.15. The van der Waals surface area contributed by atoms with Crippen molar-refractivity contribution in [2.45, 2.75) is 13.0 Å².